The number of hydrogen-bond acceptors (Lipinski definition) is 17. The van der Waals surface area contributed by atoms with E-state index in [1.807, 2.05) is 51.1 Å². The molecule has 0 radical (unpaired) electrons. The summed E-state index contributed by atoms with van der Waals surface area (Å²) in [7, 11) is 0. The number of imide groups is 1. The number of nitrogens with zero attached hydrogens (tertiary/aromatic N) is 4. The summed E-state index contributed by atoms with van der Waals surface area (Å²) in [6.45, 7) is 17.6. The van der Waals surface area contributed by atoms with Gasteiger partial charge in [0.05, 0.1) is 69.8 Å². The molecule has 1 aliphatic heterocycles. The first-order valence-electron chi connectivity index (χ1n) is 29.7. The molecule has 0 aliphatic carbocycles. The van der Waals surface area contributed by atoms with Gasteiger partial charge in [-0.15, -0.1) is 11.8 Å². The number of amides is 8. The summed E-state index contributed by atoms with van der Waals surface area (Å²) in [6, 6.07) is 9.99. The number of nitrogens with one attached hydrogen (secondary N) is 5. The SMILES string of the molecule is CC(C)(C)OC(=O)NCCCCCNC(=O)CCOCCOCCOCCOCCSC1CC(=O)N(CC(=O)NCCNC(=O)[C@H](CCN(C(=O)CO)[C@@H](c2nc(-c3cc(F)ccc3F)cn2Cc2ccccc2)C(C)(C)C)NC(=O)OC(C)(C)C)C1=O. The van der Waals surface area contributed by atoms with Gasteiger partial charge in [0.15, 0.2) is 0 Å². The predicted molar refractivity (Wildman–Crippen MR) is 324 cm³/mol. The molecule has 4 rings (SSSR count). The fraction of sp³-hybridized carbons (Fsp3) is 0.623. The van der Waals surface area contributed by atoms with Gasteiger partial charge in [-0.1, -0.05) is 51.1 Å². The van der Waals surface area contributed by atoms with Crippen LogP contribution in [0.15, 0.2) is 54.7 Å². The monoisotopic (exact) mass is 1260 g/mol. The van der Waals surface area contributed by atoms with Crippen LogP contribution >= 0.6 is 11.8 Å². The van der Waals surface area contributed by atoms with Gasteiger partial charge in [-0.05, 0) is 96.4 Å². The van der Waals surface area contributed by atoms with E-state index in [2.05, 4.69) is 26.6 Å². The Morgan fingerprint density at radius 1 is 0.727 bits per heavy atom. The van der Waals surface area contributed by atoms with Gasteiger partial charge in [0.2, 0.25) is 35.4 Å². The largest absolute Gasteiger partial charge is 0.444 e. The lowest BCUT2D eigenvalue weighted by molar-refractivity contribution is -0.142. The van der Waals surface area contributed by atoms with Crippen molar-refractivity contribution in [1.29, 1.82) is 0 Å². The number of hydrogen-bond donors (Lipinski definition) is 6. The van der Waals surface area contributed by atoms with E-state index in [4.69, 9.17) is 33.4 Å². The Bertz CT molecular complexity index is 2720. The normalized spacial score (nSPS) is 14.3. The number of benzene rings is 2. The number of thioether (sulfide) groups is 1. The summed E-state index contributed by atoms with van der Waals surface area (Å²) in [4.78, 5) is 111. The molecule has 2 aromatic carbocycles. The maximum Gasteiger partial charge on any atom is 0.408 e. The number of aromatic nitrogens is 2. The Kier molecular flexibility index (Phi) is 31.2. The van der Waals surface area contributed by atoms with Crippen molar-refractivity contribution in [1.82, 2.24) is 45.9 Å². The van der Waals surface area contributed by atoms with Crippen LogP contribution in [0.5, 0.6) is 0 Å². The molecule has 27 heteroatoms. The molecular weight excluding hydrogens is 1170 g/mol. The number of carbonyl (C=O) groups is 8. The summed E-state index contributed by atoms with van der Waals surface area (Å²) < 4.78 is 64.3. The fourth-order valence-electron chi connectivity index (χ4n) is 8.93. The van der Waals surface area contributed by atoms with Crippen LogP contribution in [0.1, 0.15) is 118 Å². The molecule has 0 spiro atoms. The Balaban J connectivity index is 1.16. The van der Waals surface area contributed by atoms with Crippen molar-refractivity contribution in [2.45, 2.75) is 136 Å². The second kappa shape index (κ2) is 37.3. The maximum absolute atomic E-state index is 15.3. The lowest BCUT2D eigenvalue weighted by Gasteiger charge is -2.40. The minimum Gasteiger partial charge on any atom is -0.444 e. The highest BCUT2D eigenvalue weighted by Crippen LogP contribution is 2.40. The molecule has 24 nitrogen and oxygen atoms in total. The number of ether oxygens (including phenoxy) is 6. The van der Waals surface area contributed by atoms with E-state index in [-0.39, 0.29) is 81.6 Å². The minimum absolute atomic E-state index is 0.0899. The van der Waals surface area contributed by atoms with Crippen molar-refractivity contribution in [3.05, 3.63) is 77.8 Å². The Morgan fingerprint density at radius 2 is 1.32 bits per heavy atom. The summed E-state index contributed by atoms with van der Waals surface area (Å²) in [6.07, 6.45) is 2.53. The van der Waals surface area contributed by atoms with Gasteiger partial charge in [0.25, 0.3) is 0 Å². The Morgan fingerprint density at radius 3 is 1.94 bits per heavy atom. The fourth-order valence-corrected chi connectivity index (χ4v) is 9.96. The van der Waals surface area contributed by atoms with E-state index >= 15 is 4.39 Å². The number of aliphatic hydroxyl groups excluding tert-OH is 1. The molecule has 88 heavy (non-hydrogen) atoms. The lowest BCUT2D eigenvalue weighted by atomic mass is 9.84. The van der Waals surface area contributed by atoms with E-state index < -0.39 is 100 Å². The summed E-state index contributed by atoms with van der Waals surface area (Å²) in [5.74, 6) is -3.97. The first-order chi connectivity index (χ1) is 41.6. The molecule has 490 valence electrons. The molecule has 3 atom stereocenters. The van der Waals surface area contributed by atoms with Gasteiger partial charge in [0, 0.05) is 69.6 Å². The molecule has 1 aromatic heterocycles. The number of unbranched alkanes of at least 4 members (excludes halogenated alkanes) is 2. The van der Waals surface area contributed by atoms with E-state index in [1.54, 1.807) is 52.3 Å². The number of imidazole rings is 1. The topological polar surface area (TPSA) is 297 Å². The van der Waals surface area contributed by atoms with E-state index in [0.29, 0.717) is 58.5 Å². The molecule has 1 aliphatic rings. The van der Waals surface area contributed by atoms with Gasteiger partial charge in [-0.3, -0.25) is 33.7 Å². The summed E-state index contributed by atoms with van der Waals surface area (Å²) in [5, 5.41) is 23.1. The maximum atomic E-state index is 15.3. The standard InChI is InChI=1S/C61H91F2N9O15S/c1-59(2,3)53(54-68-47(44-36-43(62)18-19-45(44)63)39-70(54)38-42-16-12-10-13-17-42)71(52(77)41-73)26-20-46(69-58(81)87-61(7,8)9)55(78)66-25-24-65-50(75)40-72-51(76)37-48(56(72)79)88-35-34-85-33-32-84-31-30-83-29-28-82-27-21-49(74)64-22-14-11-15-23-67-57(80)86-60(4,5)6/h10,12-13,16-19,36,39,46,48,53,73H,11,14-15,20-35,37-38,40-41H2,1-9H3,(H,64,74)(H,65,75)(H,66,78)(H,67,80)(H,69,81)/t46-,48?,53-/m0/s1. The Labute approximate surface area is 518 Å². The average molecular weight is 1260 g/mol. The third-order valence-corrected chi connectivity index (χ3v) is 14.1. The van der Waals surface area contributed by atoms with Gasteiger partial charge in [-0.25, -0.2) is 23.4 Å². The van der Waals surface area contributed by atoms with Crippen molar-refractivity contribution in [2.24, 2.45) is 5.41 Å². The molecular formula is C61H91F2N9O15S. The summed E-state index contributed by atoms with van der Waals surface area (Å²) in [5.41, 5.74) is -1.52. The highest BCUT2D eigenvalue weighted by Gasteiger charge is 2.41. The van der Waals surface area contributed by atoms with Gasteiger partial charge in [-0.2, -0.15) is 0 Å². The van der Waals surface area contributed by atoms with Crippen LogP contribution in [0.2, 0.25) is 0 Å². The predicted octanol–water partition coefficient (Wildman–Crippen LogP) is 5.43. The molecule has 3 aromatic rings. The molecule has 0 bridgehead atoms. The van der Waals surface area contributed by atoms with Crippen LogP contribution in [0.3, 0.4) is 0 Å². The molecule has 6 N–H and O–H groups in total. The zero-order chi connectivity index (χ0) is 64.9. The Hall–Kier alpha value is -6.78. The second-order valence-corrected chi connectivity index (χ2v) is 25.1. The van der Waals surface area contributed by atoms with Crippen LogP contribution in [0.4, 0.5) is 18.4 Å². The van der Waals surface area contributed by atoms with E-state index in [0.717, 1.165) is 47.9 Å². The van der Waals surface area contributed by atoms with E-state index in [1.165, 1.54) is 16.7 Å². The molecule has 1 unspecified atom stereocenters. The molecule has 1 fully saturated rings. The second-order valence-electron chi connectivity index (χ2n) is 23.8. The number of aliphatic hydroxyl groups is 1. The van der Waals surface area contributed by atoms with Gasteiger partial charge < -0.3 is 69.6 Å². The molecule has 2 heterocycles. The lowest BCUT2D eigenvalue weighted by Crippen LogP contribution is -2.52. The van der Waals surface area contributed by atoms with Gasteiger partial charge >= 0.3 is 12.2 Å². The van der Waals surface area contributed by atoms with Crippen LogP contribution in [0.25, 0.3) is 11.3 Å². The number of rotatable bonds is 38. The first kappa shape index (κ1) is 73.7. The number of likely N-dealkylation sites (tertiary alicyclic amines) is 1. The average Bonchev–Trinajstić information content (AvgIpc) is 1.63. The number of carbonyl (C=O) groups excluding carboxylic acids is 8. The zero-order valence-electron chi connectivity index (χ0n) is 52.3. The highest BCUT2D eigenvalue weighted by molar-refractivity contribution is 8.00. The third-order valence-electron chi connectivity index (χ3n) is 12.9. The van der Waals surface area contributed by atoms with Crippen LogP contribution in [0, 0.1) is 17.0 Å². The number of alkyl carbamates (subject to hydrolysis) is 2. The van der Waals surface area contributed by atoms with Gasteiger partial charge in [0.1, 0.15) is 47.9 Å². The molecule has 8 amide bonds. The van der Waals surface area contributed by atoms with Crippen molar-refractivity contribution >= 4 is 59.4 Å². The van der Waals surface area contributed by atoms with Crippen LogP contribution in [-0.2, 0) is 63.7 Å². The quantitative estimate of drug-likeness (QED) is 0.0308. The highest BCUT2D eigenvalue weighted by atomic mass is 32.2. The zero-order valence-corrected chi connectivity index (χ0v) is 53.1. The van der Waals surface area contributed by atoms with Crippen molar-refractivity contribution in [3.8, 4) is 11.3 Å². The van der Waals surface area contributed by atoms with Crippen molar-refractivity contribution in [3.63, 3.8) is 0 Å². The number of halogens is 2. The van der Waals surface area contributed by atoms with E-state index in [9.17, 15) is 47.9 Å². The third kappa shape index (κ3) is 27.7. The molecule has 0 saturated carbocycles. The van der Waals surface area contributed by atoms with Crippen molar-refractivity contribution in [2.75, 3.05) is 104 Å². The first-order valence-corrected chi connectivity index (χ1v) is 30.7. The minimum atomic E-state index is -1.34. The molecule has 1 saturated heterocycles. The van der Waals surface area contributed by atoms with Crippen LogP contribution < -0.4 is 26.6 Å². The smallest absolute Gasteiger partial charge is 0.408 e. The van der Waals surface area contributed by atoms with Crippen molar-refractivity contribution < 1.29 is 80.7 Å². The summed E-state index contributed by atoms with van der Waals surface area (Å²) >= 11 is 1.24. The van der Waals surface area contributed by atoms with Crippen LogP contribution in [-0.4, -0.2) is 199 Å².